The molecule has 1 aliphatic heterocycles. The summed E-state index contributed by atoms with van der Waals surface area (Å²) >= 11 is 0. The van der Waals surface area contributed by atoms with E-state index in [4.69, 9.17) is 0 Å². The van der Waals surface area contributed by atoms with Gasteiger partial charge in [0, 0.05) is 6.54 Å². The van der Waals surface area contributed by atoms with E-state index >= 15 is 0 Å². The maximum atomic E-state index is 12.5. The van der Waals surface area contributed by atoms with Gasteiger partial charge in [0.1, 0.15) is 0 Å². The molecule has 2 rings (SSSR count). The van der Waals surface area contributed by atoms with Crippen molar-refractivity contribution in [2.45, 2.75) is 64.3 Å². The number of carboxylic acids is 1. The third-order valence-corrected chi connectivity index (χ3v) is 5.55. The van der Waals surface area contributed by atoms with Crippen LogP contribution in [0.3, 0.4) is 0 Å². The molecule has 2 aliphatic rings. The van der Waals surface area contributed by atoms with Gasteiger partial charge in [0.25, 0.3) is 0 Å². The Morgan fingerprint density at radius 3 is 2.43 bits per heavy atom. The highest BCUT2D eigenvalue weighted by atomic mass is 16.4. The van der Waals surface area contributed by atoms with E-state index in [1.165, 1.54) is 0 Å². The predicted molar refractivity (Wildman–Crippen MR) is 81.0 cm³/mol. The first kappa shape index (κ1) is 16.3. The van der Waals surface area contributed by atoms with Crippen LogP contribution in [0.1, 0.15) is 58.8 Å². The Labute approximate surface area is 126 Å². The van der Waals surface area contributed by atoms with Crippen molar-refractivity contribution in [3.05, 3.63) is 0 Å². The Bertz CT molecular complexity index is 394. The highest BCUT2D eigenvalue weighted by Gasteiger charge is 2.44. The Balaban J connectivity index is 1.99. The predicted octanol–water partition coefficient (Wildman–Crippen LogP) is 1.92. The molecule has 1 atom stereocenters. The summed E-state index contributed by atoms with van der Waals surface area (Å²) < 4.78 is 0. The number of hydrogen-bond acceptors (Lipinski definition) is 3. The molecule has 0 bridgehead atoms. The van der Waals surface area contributed by atoms with Crippen LogP contribution in [0, 0.1) is 11.3 Å². The zero-order chi connectivity index (χ0) is 15.5. The van der Waals surface area contributed by atoms with Gasteiger partial charge in [-0.3, -0.25) is 9.59 Å². The summed E-state index contributed by atoms with van der Waals surface area (Å²) in [5, 5.41) is 15.8. The molecule has 1 unspecified atom stereocenters. The normalized spacial score (nSPS) is 36.4. The van der Waals surface area contributed by atoms with E-state index in [0.29, 0.717) is 18.8 Å². The fraction of sp³-hybridized carbons (Fsp3) is 0.875. The van der Waals surface area contributed by atoms with Gasteiger partial charge in [0.05, 0.1) is 11.0 Å². The third-order valence-electron chi connectivity index (χ3n) is 5.55. The maximum absolute atomic E-state index is 12.5. The number of amides is 1. The van der Waals surface area contributed by atoms with Crippen molar-refractivity contribution >= 4 is 11.9 Å². The molecule has 1 heterocycles. The van der Waals surface area contributed by atoms with E-state index in [1.807, 2.05) is 6.92 Å². The lowest BCUT2D eigenvalue weighted by Crippen LogP contribution is -2.56. The molecule has 1 saturated heterocycles. The highest BCUT2D eigenvalue weighted by molar-refractivity contribution is 5.87. The van der Waals surface area contributed by atoms with Crippen molar-refractivity contribution in [2.24, 2.45) is 11.3 Å². The molecule has 21 heavy (non-hydrogen) atoms. The van der Waals surface area contributed by atoms with Crippen molar-refractivity contribution < 1.29 is 14.7 Å². The summed E-state index contributed by atoms with van der Waals surface area (Å²) in [6.07, 6.45) is 5.77. The van der Waals surface area contributed by atoms with Crippen LogP contribution >= 0.6 is 0 Å². The Morgan fingerprint density at radius 2 is 1.95 bits per heavy atom. The Kier molecular flexibility index (Phi) is 4.91. The lowest BCUT2D eigenvalue weighted by Gasteiger charge is -2.37. The summed E-state index contributed by atoms with van der Waals surface area (Å²) in [7, 11) is 0. The smallest absolute Gasteiger partial charge is 0.311 e. The zero-order valence-corrected chi connectivity index (χ0v) is 13.2. The fourth-order valence-corrected chi connectivity index (χ4v) is 3.66. The van der Waals surface area contributed by atoms with E-state index in [9.17, 15) is 14.7 Å². The topological polar surface area (TPSA) is 78.4 Å². The molecule has 5 heteroatoms. The summed E-state index contributed by atoms with van der Waals surface area (Å²) in [4.78, 5) is 24.2. The molecule has 0 aromatic carbocycles. The van der Waals surface area contributed by atoms with Gasteiger partial charge >= 0.3 is 5.97 Å². The van der Waals surface area contributed by atoms with Crippen LogP contribution in [0.15, 0.2) is 0 Å². The second-order valence-electron chi connectivity index (χ2n) is 6.92. The maximum Gasteiger partial charge on any atom is 0.311 e. The van der Waals surface area contributed by atoms with Crippen molar-refractivity contribution in [3.63, 3.8) is 0 Å². The van der Waals surface area contributed by atoms with E-state index in [2.05, 4.69) is 17.6 Å². The van der Waals surface area contributed by atoms with Crippen LogP contribution in [0.4, 0.5) is 0 Å². The molecule has 2 fully saturated rings. The van der Waals surface area contributed by atoms with Crippen LogP contribution in [-0.2, 0) is 9.59 Å². The van der Waals surface area contributed by atoms with E-state index in [0.717, 1.165) is 38.6 Å². The van der Waals surface area contributed by atoms with Crippen molar-refractivity contribution in [1.82, 2.24) is 10.6 Å². The molecule has 120 valence electrons. The molecular formula is C16H28N2O3. The molecule has 0 aromatic rings. The van der Waals surface area contributed by atoms with Crippen LogP contribution in [0.2, 0.25) is 0 Å². The number of carbonyl (C=O) groups excluding carboxylic acids is 1. The monoisotopic (exact) mass is 296 g/mol. The van der Waals surface area contributed by atoms with Gasteiger partial charge in [-0.15, -0.1) is 0 Å². The van der Waals surface area contributed by atoms with Gasteiger partial charge in [-0.05, 0) is 57.4 Å². The minimum atomic E-state index is -0.768. The molecule has 1 saturated carbocycles. The summed E-state index contributed by atoms with van der Waals surface area (Å²) in [6.45, 7) is 5.30. The number of nitrogens with one attached hydrogen (secondary N) is 2. The highest BCUT2D eigenvalue weighted by Crippen LogP contribution is 2.39. The molecule has 5 nitrogen and oxygen atoms in total. The van der Waals surface area contributed by atoms with Crippen LogP contribution < -0.4 is 10.6 Å². The Morgan fingerprint density at radius 1 is 1.29 bits per heavy atom. The lowest BCUT2D eigenvalue weighted by atomic mass is 9.70. The van der Waals surface area contributed by atoms with Gasteiger partial charge in [-0.1, -0.05) is 13.8 Å². The molecule has 0 aromatic heterocycles. The largest absolute Gasteiger partial charge is 0.481 e. The zero-order valence-electron chi connectivity index (χ0n) is 13.2. The van der Waals surface area contributed by atoms with E-state index < -0.39 is 16.9 Å². The number of hydrogen-bond donors (Lipinski definition) is 3. The van der Waals surface area contributed by atoms with Crippen LogP contribution in [0.25, 0.3) is 0 Å². The first-order valence-corrected chi connectivity index (χ1v) is 8.21. The quantitative estimate of drug-likeness (QED) is 0.724. The van der Waals surface area contributed by atoms with Crippen molar-refractivity contribution in [1.29, 1.82) is 0 Å². The number of aliphatic carboxylic acids is 1. The van der Waals surface area contributed by atoms with Gasteiger partial charge in [0.15, 0.2) is 0 Å². The SMILES string of the molecule is CCC1(C(=O)NCC2(C(=O)O)CCC(C)CC2)CCCN1. The molecule has 0 radical (unpaired) electrons. The first-order valence-electron chi connectivity index (χ1n) is 8.21. The van der Waals surface area contributed by atoms with E-state index in [1.54, 1.807) is 0 Å². The fourth-order valence-electron chi connectivity index (χ4n) is 3.66. The minimum Gasteiger partial charge on any atom is -0.481 e. The molecule has 1 amide bonds. The number of carbonyl (C=O) groups is 2. The number of rotatable bonds is 5. The molecular weight excluding hydrogens is 268 g/mol. The standard InChI is InChI=1S/C16H28N2O3/c1-3-16(7-4-10-18-16)13(19)17-11-15(14(20)21)8-5-12(2)6-9-15/h12,18H,3-11H2,1-2H3,(H,17,19)(H,20,21). The minimum absolute atomic E-state index is 0.0262. The second kappa shape index (κ2) is 6.34. The number of carboxylic acid groups (broad SMARTS) is 1. The van der Waals surface area contributed by atoms with Crippen molar-refractivity contribution in [2.75, 3.05) is 13.1 Å². The summed E-state index contributed by atoms with van der Waals surface area (Å²) in [6, 6.07) is 0. The summed E-state index contributed by atoms with van der Waals surface area (Å²) in [5.74, 6) is -0.201. The Hall–Kier alpha value is -1.10. The summed E-state index contributed by atoms with van der Waals surface area (Å²) in [5.41, 5.74) is -1.25. The van der Waals surface area contributed by atoms with Crippen LogP contribution in [-0.4, -0.2) is 35.6 Å². The van der Waals surface area contributed by atoms with Gasteiger partial charge in [-0.25, -0.2) is 0 Å². The second-order valence-corrected chi connectivity index (χ2v) is 6.92. The molecule has 1 aliphatic carbocycles. The third kappa shape index (κ3) is 3.23. The molecule has 3 N–H and O–H groups in total. The van der Waals surface area contributed by atoms with Gasteiger partial charge < -0.3 is 15.7 Å². The lowest BCUT2D eigenvalue weighted by molar-refractivity contribution is -0.151. The average molecular weight is 296 g/mol. The first-order chi connectivity index (χ1) is 9.94. The molecule has 0 spiro atoms. The van der Waals surface area contributed by atoms with Gasteiger partial charge in [0.2, 0.25) is 5.91 Å². The average Bonchev–Trinajstić information content (AvgIpc) is 2.96. The van der Waals surface area contributed by atoms with Crippen molar-refractivity contribution in [3.8, 4) is 0 Å². The van der Waals surface area contributed by atoms with Gasteiger partial charge in [-0.2, -0.15) is 0 Å². The van der Waals surface area contributed by atoms with Crippen LogP contribution in [0.5, 0.6) is 0 Å². The van der Waals surface area contributed by atoms with E-state index in [-0.39, 0.29) is 12.5 Å².